The van der Waals surface area contributed by atoms with Crippen LogP contribution in [0.3, 0.4) is 0 Å². The maximum absolute atomic E-state index is 4.22. The molecule has 0 aliphatic rings. The Balaban J connectivity index is 0.00000324. The Hall–Kier alpha value is 0.530. The Kier molecular flexibility index (Phi) is 9.73. The van der Waals surface area contributed by atoms with Crippen LogP contribution in [0.5, 0.6) is 0 Å². The number of guanidine groups is 1. The second-order valence-corrected chi connectivity index (χ2v) is 8.31. The van der Waals surface area contributed by atoms with Gasteiger partial charge in [0.1, 0.15) is 0 Å². The van der Waals surface area contributed by atoms with E-state index in [2.05, 4.69) is 63.1 Å². The van der Waals surface area contributed by atoms with Gasteiger partial charge in [-0.05, 0) is 53.0 Å². The molecule has 1 rings (SSSR count). The van der Waals surface area contributed by atoms with Crippen LogP contribution in [0.15, 0.2) is 20.2 Å². The molecule has 2 N–H and O–H groups in total. The Morgan fingerprint density at radius 3 is 2.63 bits per heavy atom. The van der Waals surface area contributed by atoms with Gasteiger partial charge in [0.05, 0.1) is 3.79 Å². The van der Waals surface area contributed by atoms with E-state index < -0.39 is 0 Å². The number of hydrogen-bond donors (Lipinski definition) is 2. The predicted molar refractivity (Wildman–Crippen MR) is 103 cm³/mol. The van der Waals surface area contributed by atoms with Gasteiger partial charge in [-0.1, -0.05) is 0 Å². The Morgan fingerprint density at radius 2 is 2.16 bits per heavy atom. The van der Waals surface area contributed by atoms with Crippen molar-refractivity contribution in [1.29, 1.82) is 0 Å². The zero-order valence-electron chi connectivity index (χ0n) is 11.6. The van der Waals surface area contributed by atoms with Gasteiger partial charge in [0.2, 0.25) is 0 Å². The van der Waals surface area contributed by atoms with E-state index in [1.165, 1.54) is 5.56 Å². The summed E-state index contributed by atoms with van der Waals surface area (Å²) in [6, 6.07) is 2.12. The quantitative estimate of drug-likeness (QED) is 0.383. The molecule has 7 heteroatoms. The van der Waals surface area contributed by atoms with E-state index in [4.69, 9.17) is 0 Å². The first kappa shape index (κ1) is 19.5. The third-order valence-corrected chi connectivity index (χ3v) is 5.34. The van der Waals surface area contributed by atoms with Crippen LogP contribution in [0.2, 0.25) is 0 Å². The molecule has 0 aromatic carbocycles. The fourth-order valence-corrected chi connectivity index (χ4v) is 2.64. The Morgan fingerprint density at radius 1 is 1.47 bits per heavy atom. The molecule has 0 radical (unpaired) electrons. The van der Waals surface area contributed by atoms with Crippen molar-refractivity contribution in [2.24, 2.45) is 4.99 Å². The van der Waals surface area contributed by atoms with Gasteiger partial charge in [-0.3, -0.25) is 4.99 Å². The lowest BCUT2D eigenvalue weighted by atomic mass is 10.2. The maximum Gasteiger partial charge on any atom is 0.191 e. The highest BCUT2D eigenvalue weighted by Gasteiger charge is 2.15. The molecule has 1 aromatic rings. The number of hydrogen-bond acceptors (Lipinski definition) is 3. The van der Waals surface area contributed by atoms with Gasteiger partial charge in [0.25, 0.3) is 0 Å². The average Bonchev–Trinajstić information content (AvgIpc) is 2.75. The van der Waals surface area contributed by atoms with E-state index in [1.54, 1.807) is 18.4 Å². The number of thioether (sulfide) groups is 1. The molecule has 19 heavy (non-hydrogen) atoms. The van der Waals surface area contributed by atoms with Gasteiger partial charge in [-0.2, -0.15) is 11.8 Å². The minimum absolute atomic E-state index is 0. The van der Waals surface area contributed by atoms with Crippen LogP contribution in [0.25, 0.3) is 0 Å². The number of aliphatic imine (C=N–C) groups is 1. The van der Waals surface area contributed by atoms with Gasteiger partial charge in [0, 0.05) is 24.9 Å². The standard InChI is InChI=1S/C12H20BrN3S2.HI/c1-12(2,17-4)8-16-11(14-3)15-6-9-5-10(13)18-7-9;/h5,7H,6,8H2,1-4H3,(H2,14,15,16);1H. The zero-order chi connectivity index (χ0) is 13.6. The third-order valence-electron chi connectivity index (χ3n) is 2.54. The van der Waals surface area contributed by atoms with Crippen molar-refractivity contribution in [1.82, 2.24) is 10.6 Å². The number of halogens is 2. The summed E-state index contributed by atoms with van der Waals surface area (Å²) < 4.78 is 1.37. The van der Waals surface area contributed by atoms with E-state index in [-0.39, 0.29) is 28.7 Å². The van der Waals surface area contributed by atoms with Crippen molar-refractivity contribution >= 4 is 69.0 Å². The average molecular weight is 478 g/mol. The second-order valence-electron chi connectivity index (χ2n) is 4.50. The summed E-state index contributed by atoms with van der Waals surface area (Å²) in [6.45, 7) is 6.12. The van der Waals surface area contributed by atoms with Gasteiger partial charge >= 0.3 is 0 Å². The monoisotopic (exact) mass is 477 g/mol. The molecule has 1 heterocycles. The van der Waals surface area contributed by atoms with Crippen LogP contribution in [-0.4, -0.2) is 30.6 Å². The summed E-state index contributed by atoms with van der Waals surface area (Å²) in [5.41, 5.74) is 1.26. The van der Waals surface area contributed by atoms with Crippen molar-refractivity contribution in [2.75, 3.05) is 19.8 Å². The summed E-state index contributed by atoms with van der Waals surface area (Å²) in [7, 11) is 1.80. The summed E-state index contributed by atoms with van der Waals surface area (Å²) in [5.74, 6) is 0.847. The highest BCUT2D eigenvalue weighted by Crippen LogP contribution is 2.20. The molecule has 3 nitrogen and oxygen atoms in total. The first-order chi connectivity index (χ1) is 8.46. The topological polar surface area (TPSA) is 36.4 Å². The molecule has 0 spiro atoms. The molecule has 0 bridgehead atoms. The van der Waals surface area contributed by atoms with Crippen LogP contribution >= 0.6 is 63.0 Å². The van der Waals surface area contributed by atoms with Crippen molar-refractivity contribution < 1.29 is 0 Å². The molecule has 0 fully saturated rings. The van der Waals surface area contributed by atoms with Crippen LogP contribution in [0.4, 0.5) is 0 Å². The molecule has 0 amide bonds. The van der Waals surface area contributed by atoms with E-state index >= 15 is 0 Å². The number of rotatable bonds is 5. The highest BCUT2D eigenvalue weighted by molar-refractivity contribution is 14.0. The van der Waals surface area contributed by atoms with E-state index in [0.29, 0.717) is 0 Å². The maximum atomic E-state index is 4.22. The minimum Gasteiger partial charge on any atom is -0.355 e. The molecule has 0 aliphatic carbocycles. The molecule has 0 saturated heterocycles. The largest absolute Gasteiger partial charge is 0.355 e. The summed E-state index contributed by atoms with van der Waals surface area (Å²) in [6.07, 6.45) is 2.13. The normalized spacial score (nSPS) is 11.9. The summed E-state index contributed by atoms with van der Waals surface area (Å²) >= 11 is 7.01. The third kappa shape index (κ3) is 7.77. The van der Waals surface area contributed by atoms with E-state index in [9.17, 15) is 0 Å². The summed E-state index contributed by atoms with van der Waals surface area (Å²) in [4.78, 5) is 4.22. The van der Waals surface area contributed by atoms with Gasteiger partial charge in [0.15, 0.2) is 5.96 Å². The lowest BCUT2D eigenvalue weighted by Crippen LogP contribution is -2.42. The lowest BCUT2D eigenvalue weighted by Gasteiger charge is -2.23. The SMILES string of the molecule is CN=C(NCc1csc(Br)c1)NCC(C)(C)SC.I. The second kappa shape index (κ2) is 9.46. The van der Waals surface area contributed by atoms with Crippen molar-refractivity contribution in [3.63, 3.8) is 0 Å². The van der Waals surface area contributed by atoms with Crippen LogP contribution in [0, 0.1) is 0 Å². The van der Waals surface area contributed by atoms with Gasteiger partial charge in [-0.15, -0.1) is 35.3 Å². The van der Waals surface area contributed by atoms with Gasteiger partial charge in [-0.25, -0.2) is 0 Å². The molecule has 0 aliphatic heterocycles. The van der Waals surface area contributed by atoms with Crippen LogP contribution in [0.1, 0.15) is 19.4 Å². The van der Waals surface area contributed by atoms with Crippen LogP contribution in [-0.2, 0) is 6.54 Å². The zero-order valence-corrected chi connectivity index (χ0v) is 17.2. The van der Waals surface area contributed by atoms with Crippen molar-refractivity contribution in [2.45, 2.75) is 25.1 Å². The number of thiophene rings is 1. The van der Waals surface area contributed by atoms with E-state index in [0.717, 1.165) is 22.8 Å². The Bertz CT molecular complexity index is 407. The number of nitrogens with one attached hydrogen (secondary N) is 2. The molecule has 0 atom stereocenters. The first-order valence-corrected chi connectivity index (χ1v) is 8.59. The molecule has 1 aromatic heterocycles. The lowest BCUT2D eigenvalue weighted by molar-refractivity contribution is 0.664. The number of nitrogens with zero attached hydrogens (tertiary/aromatic N) is 1. The smallest absolute Gasteiger partial charge is 0.191 e. The fourth-order valence-electron chi connectivity index (χ4n) is 1.21. The highest BCUT2D eigenvalue weighted by atomic mass is 127. The molecule has 110 valence electrons. The molecular weight excluding hydrogens is 457 g/mol. The minimum atomic E-state index is 0. The van der Waals surface area contributed by atoms with E-state index in [1.807, 2.05) is 11.8 Å². The molecular formula is C12H21BrIN3S2. The fraction of sp³-hybridized carbons (Fsp3) is 0.583. The Labute approximate surface area is 149 Å². The summed E-state index contributed by atoms with van der Waals surface area (Å²) in [5, 5.41) is 8.79. The van der Waals surface area contributed by atoms with Crippen LogP contribution < -0.4 is 10.6 Å². The van der Waals surface area contributed by atoms with Crippen molar-refractivity contribution in [3.05, 3.63) is 20.8 Å². The first-order valence-electron chi connectivity index (χ1n) is 5.69. The predicted octanol–water partition coefficient (Wildman–Crippen LogP) is 3.94. The molecule has 0 unspecified atom stereocenters. The van der Waals surface area contributed by atoms with Gasteiger partial charge < -0.3 is 10.6 Å². The van der Waals surface area contributed by atoms with Crippen molar-refractivity contribution in [3.8, 4) is 0 Å². The molecule has 0 saturated carbocycles.